The molecule has 0 saturated carbocycles. The summed E-state index contributed by atoms with van der Waals surface area (Å²) in [5, 5.41) is -0.180. The molecule has 1 unspecified atom stereocenters. The molecule has 0 aromatic heterocycles. The van der Waals surface area contributed by atoms with Crippen molar-refractivity contribution in [1.82, 2.24) is 4.90 Å². The van der Waals surface area contributed by atoms with Crippen molar-refractivity contribution in [2.75, 3.05) is 5.75 Å². The van der Waals surface area contributed by atoms with Gasteiger partial charge in [0.1, 0.15) is 0 Å². The summed E-state index contributed by atoms with van der Waals surface area (Å²) in [5.74, 6) is 2.28. The molecule has 1 fully saturated rings. The predicted octanol–water partition coefficient (Wildman–Crippen LogP) is 6.69. The van der Waals surface area contributed by atoms with E-state index in [1.165, 1.54) is 12.8 Å². The maximum Gasteiger partial charge on any atom is 0.243 e. The van der Waals surface area contributed by atoms with Crippen molar-refractivity contribution >= 4 is 23.6 Å². The van der Waals surface area contributed by atoms with E-state index in [-0.39, 0.29) is 28.0 Å². The first kappa shape index (κ1) is 25.5. The Kier molecular flexibility index (Phi) is 10.1. The van der Waals surface area contributed by atoms with Crippen LogP contribution in [0.5, 0.6) is 0 Å². The van der Waals surface area contributed by atoms with Crippen molar-refractivity contribution in [1.29, 1.82) is 0 Å². The molecule has 1 saturated heterocycles. The predicted molar refractivity (Wildman–Crippen MR) is 123 cm³/mol. The molecule has 3 nitrogen and oxygen atoms in total. The molecule has 0 spiro atoms. The highest BCUT2D eigenvalue weighted by Gasteiger charge is 2.51. The third kappa shape index (κ3) is 6.00. The normalized spacial score (nSPS) is 18.8. The Morgan fingerprint density at radius 2 is 1.54 bits per heavy atom. The second-order valence-electron chi connectivity index (χ2n) is 9.74. The summed E-state index contributed by atoms with van der Waals surface area (Å²) in [6, 6.07) is 0. The lowest BCUT2D eigenvalue weighted by Crippen LogP contribution is -2.54. The van der Waals surface area contributed by atoms with Gasteiger partial charge in [-0.25, -0.2) is 0 Å². The summed E-state index contributed by atoms with van der Waals surface area (Å²) in [5.41, 5.74) is -0.121. The highest BCUT2D eigenvalue weighted by molar-refractivity contribution is 8.00. The molecule has 4 heteroatoms. The number of carbonyl (C=O) groups is 2. The number of carbonyl (C=O) groups excluding carboxylic acids is 2. The molecule has 164 valence electrons. The van der Waals surface area contributed by atoms with Gasteiger partial charge in [0.05, 0.1) is 10.8 Å². The molecule has 1 aliphatic heterocycles. The Labute approximate surface area is 178 Å². The number of amides is 2. The van der Waals surface area contributed by atoms with E-state index >= 15 is 0 Å². The van der Waals surface area contributed by atoms with E-state index in [9.17, 15) is 9.59 Å². The van der Waals surface area contributed by atoms with E-state index in [0.29, 0.717) is 18.3 Å². The minimum Gasteiger partial charge on any atom is -0.275 e. The molecule has 1 rings (SSSR count). The van der Waals surface area contributed by atoms with E-state index in [1.807, 2.05) is 0 Å². The van der Waals surface area contributed by atoms with Crippen LogP contribution >= 0.6 is 11.8 Å². The highest BCUT2D eigenvalue weighted by Crippen LogP contribution is 2.47. The summed E-state index contributed by atoms with van der Waals surface area (Å²) < 4.78 is 0. The van der Waals surface area contributed by atoms with Crippen molar-refractivity contribution in [3.8, 4) is 0 Å². The maximum atomic E-state index is 13.3. The lowest BCUT2D eigenvalue weighted by Gasteiger charge is -2.47. The van der Waals surface area contributed by atoms with Crippen molar-refractivity contribution in [3.05, 3.63) is 0 Å². The van der Waals surface area contributed by atoms with Gasteiger partial charge in [0.25, 0.3) is 0 Å². The molecule has 1 aliphatic rings. The van der Waals surface area contributed by atoms with E-state index in [1.54, 1.807) is 16.7 Å². The summed E-state index contributed by atoms with van der Waals surface area (Å²) >= 11 is 1.68. The molecule has 0 radical (unpaired) electrons. The van der Waals surface area contributed by atoms with Crippen LogP contribution in [0.1, 0.15) is 107 Å². The summed E-state index contributed by atoms with van der Waals surface area (Å²) in [7, 11) is 0. The van der Waals surface area contributed by atoms with E-state index in [4.69, 9.17) is 0 Å². The summed E-state index contributed by atoms with van der Waals surface area (Å²) in [6.45, 7) is 17.8. The van der Waals surface area contributed by atoms with Gasteiger partial charge < -0.3 is 0 Å². The van der Waals surface area contributed by atoms with Crippen molar-refractivity contribution in [2.24, 2.45) is 17.3 Å². The third-order valence-electron chi connectivity index (χ3n) is 6.98. The number of hydrogen-bond acceptors (Lipinski definition) is 3. The molecule has 0 bridgehead atoms. The first-order valence-electron chi connectivity index (χ1n) is 11.6. The van der Waals surface area contributed by atoms with Crippen LogP contribution in [0.25, 0.3) is 0 Å². The minimum atomic E-state index is -0.329. The van der Waals surface area contributed by atoms with Gasteiger partial charge in [-0.15, -0.1) is 11.8 Å². The number of imide groups is 1. The molecule has 1 atom stereocenters. The lowest BCUT2D eigenvalue weighted by molar-refractivity contribution is -0.148. The fourth-order valence-corrected chi connectivity index (χ4v) is 5.80. The topological polar surface area (TPSA) is 37.4 Å². The smallest absolute Gasteiger partial charge is 0.243 e. The van der Waals surface area contributed by atoms with Crippen LogP contribution in [0.4, 0.5) is 0 Å². The molecular weight excluding hydrogens is 366 g/mol. The fourth-order valence-electron chi connectivity index (χ4n) is 4.67. The van der Waals surface area contributed by atoms with Crippen molar-refractivity contribution < 1.29 is 9.59 Å². The molecule has 28 heavy (non-hydrogen) atoms. The fraction of sp³-hybridized carbons (Fsp3) is 0.917. The molecule has 0 aromatic rings. The maximum absolute atomic E-state index is 13.3. The molecule has 1 heterocycles. The van der Waals surface area contributed by atoms with Crippen molar-refractivity contribution in [2.45, 2.75) is 118 Å². The number of nitrogens with zero attached hydrogens (tertiary/aromatic N) is 1. The van der Waals surface area contributed by atoms with Crippen molar-refractivity contribution in [3.63, 3.8) is 0 Å². The van der Waals surface area contributed by atoms with E-state index in [2.05, 4.69) is 55.4 Å². The summed E-state index contributed by atoms with van der Waals surface area (Å²) in [6.07, 6.45) is 7.65. The second kappa shape index (κ2) is 11.0. The zero-order valence-electron chi connectivity index (χ0n) is 19.8. The van der Waals surface area contributed by atoms with Crippen LogP contribution in [0, 0.1) is 17.3 Å². The highest BCUT2D eigenvalue weighted by atomic mass is 32.2. The number of hydrogen-bond donors (Lipinski definition) is 0. The van der Waals surface area contributed by atoms with Gasteiger partial charge >= 0.3 is 0 Å². The average Bonchev–Trinajstić information content (AvgIpc) is 2.95. The molecule has 0 aliphatic carbocycles. The van der Waals surface area contributed by atoms with Crippen LogP contribution < -0.4 is 0 Å². The zero-order chi connectivity index (χ0) is 21.5. The molecule has 0 N–H and O–H groups in total. The Morgan fingerprint density at radius 3 is 1.96 bits per heavy atom. The van der Waals surface area contributed by atoms with Crippen LogP contribution in [0.3, 0.4) is 0 Å². The van der Waals surface area contributed by atoms with Gasteiger partial charge in [-0.05, 0) is 48.7 Å². The van der Waals surface area contributed by atoms with Crippen LogP contribution in [0.2, 0.25) is 0 Å². The zero-order valence-corrected chi connectivity index (χ0v) is 20.6. The van der Waals surface area contributed by atoms with Gasteiger partial charge in [-0.3, -0.25) is 14.5 Å². The monoisotopic (exact) mass is 411 g/mol. The van der Waals surface area contributed by atoms with Gasteiger partial charge in [0.2, 0.25) is 11.8 Å². The van der Waals surface area contributed by atoms with Crippen LogP contribution in [-0.2, 0) is 9.59 Å². The van der Waals surface area contributed by atoms with Gasteiger partial charge in [0, 0.05) is 6.42 Å². The molecular formula is C24H45NO2S. The Hall–Kier alpha value is -0.510. The minimum absolute atomic E-state index is 0.0555. The van der Waals surface area contributed by atoms with E-state index in [0.717, 1.165) is 37.9 Å². The third-order valence-corrected chi connectivity index (χ3v) is 8.61. The molecule has 2 amide bonds. The van der Waals surface area contributed by atoms with E-state index < -0.39 is 0 Å². The van der Waals surface area contributed by atoms with Gasteiger partial charge in [-0.1, -0.05) is 74.7 Å². The SMILES string of the molecule is CCC(CC)(CCC(C)C)CC(CC)(CC)N1C(=O)CC(SCC(C)C)C1=O. The first-order valence-corrected chi connectivity index (χ1v) is 12.6. The van der Waals surface area contributed by atoms with Gasteiger partial charge in [0.15, 0.2) is 0 Å². The number of likely N-dealkylation sites (tertiary alicyclic amines) is 1. The summed E-state index contributed by atoms with van der Waals surface area (Å²) in [4.78, 5) is 28.1. The number of thioether (sulfide) groups is 1. The number of rotatable bonds is 13. The quantitative estimate of drug-likeness (QED) is 0.317. The largest absolute Gasteiger partial charge is 0.275 e. The Bertz CT molecular complexity index is 507. The standard InChI is InChI=1S/C24H45NO2S/c1-9-23(10-2,14-13-18(5)6)17-24(11-3,12-4)25-21(26)15-20(22(25)27)28-16-19(7)8/h18-20H,9-17H2,1-8H3. The first-order chi connectivity index (χ1) is 13.1. The molecule has 0 aromatic carbocycles. The Morgan fingerprint density at radius 1 is 0.964 bits per heavy atom. The van der Waals surface area contributed by atoms with Crippen LogP contribution in [-0.4, -0.2) is 33.3 Å². The average molecular weight is 412 g/mol. The van der Waals surface area contributed by atoms with Gasteiger partial charge in [-0.2, -0.15) is 0 Å². The Balaban J connectivity index is 3.14. The van der Waals surface area contributed by atoms with Crippen LogP contribution in [0.15, 0.2) is 0 Å². The second-order valence-corrected chi connectivity index (χ2v) is 11.0. The lowest BCUT2D eigenvalue weighted by atomic mass is 9.66.